The van der Waals surface area contributed by atoms with E-state index in [9.17, 15) is 9.59 Å². The van der Waals surface area contributed by atoms with E-state index in [1.165, 1.54) is 0 Å². The van der Waals surface area contributed by atoms with Crippen LogP contribution in [0.1, 0.15) is 35.3 Å². The molecule has 0 spiro atoms. The largest absolute Gasteiger partial charge is 0.454 e. The molecule has 3 rings (SSSR count). The van der Waals surface area contributed by atoms with Crippen LogP contribution in [-0.4, -0.2) is 24.6 Å². The van der Waals surface area contributed by atoms with Crippen molar-refractivity contribution < 1.29 is 19.1 Å². The second-order valence-electron chi connectivity index (χ2n) is 6.97. The molecule has 0 saturated heterocycles. The lowest BCUT2D eigenvalue weighted by Crippen LogP contribution is -2.49. The van der Waals surface area contributed by atoms with Crippen LogP contribution in [0.3, 0.4) is 0 Å². The van der Waals surface area contributed by atoms with E-state index in [4.69, 9.17) is 9.47 Å². The Morgan fingerprint density at radius 3 is 2.44 bits per heavy atom. The third-order valence-electron chi connectivity index (χ3n) is 4.45. The van der Waals surface area contributed by atoms with Crippen molar-refractivity contribution in [2.75, 3.05) is 6.79 Å². The molecular formula is C21H24N2O4. The Labute approximate surface area is 158 Å². The molecule has 0 fully saturated rings. The van der Waals surface area contributed by atoms with Gasteiger partial charge in [0.25, 0.3) is 5.91 Å². The lowest BCUT2D eigenvalue weighted by Gasteiger charge is -2.22. The van der Waals surface area contributed by atoms with E-state index in [0.29, 0.717) is 23.6 Å². The van der Waals surface area contributed by atoms with Gasteiger partial charge < -0.3 is 20.1 Å². The minimum absolute atomic E-state index is 0.0452. The fraction of sp³-hybridized carbons (Fsp3) is 0.333. The Morgan fingerprint density at radius 2 is 1.74 bits per heavy atom. The van der Waals surface area contributed by atoms with Gasteiger partial charge in [-0.15, -0.1) is 0 Å². The number of rotatable bonds is 6. The van der Waals surface area contributed by atoms with Gasteiger partial charge in [-0.05, 0) is 42.7 Å². The Morgan fingerprint density at radius 1 is 1.04 bits per heavy atom. The molecular weight excluding hydrogens is 344 g/mol. The minimum atomic E-state index is -0.618. The summed E-state index contributed by atoms with van der Waals surface area (Å²) in [5.74, 6) is 0.858. The van der Waals surface area contributed by atoms with E-state index in [1.807, 2.05) is 51.1 Å². The van der Waals surface area contributed by atoms with Crippen molar-refractivity contribution in [1.29, 1.82) is 0 Å². The molecule has 0 aliphatic carbocycles. The summed E-state index contributed by atoms with van der Waals surface area (Å²) >= 11 is 0. The van der Waals surface area contributed by atoms with Gasteiger partial charge in [0.05, 0.1) is 0 Å². The van der Waals surface area contributed by atoms with Crippen molar-refractivity contribution >= 4 is 11.8 Å². The van der Waals surface area contributed by atoms with Gasteiger partial charge in [-0.25, -0.2) is 0 Å². The smallest absolute Gasteiger partial charge is 0.251 e. The molecule has 1 aliphatic rings. The van der Waals surface area contributed by atoms with Crippen LogP contribution in [0.15, 0.2) is 42.5 Å². The fourth-order valence-corrected chi connectivity index (χ4v) is 2.81. The monoisotopic (exact) mass is 368 g/mol. The first kappa shape index (κ1) is 18.8. The number of amides is 2. The van der Waals surface area contributed by atoms with E-state index in [2.05, 4.69) is 10.6 Å². The molecule has 2 N–H and O–H groups in total. The van der Waals surface area contributed by atoms with Crippen molar-refractivity contribution in [3.05, 3.63) is 59.2 Å². The highest BCUT2D eigenvalue weighted by Crippen LogP contribution is 2.32. The first-order valence-corrected chi connectivity index (χ1v) is 8.98. The maximum atomic E-state index is 12.6. The summed E-state index contributed by atoms with van der Waals surface area (Å²) in [4.78, 5) is 25.1. The minimum Gasteiger partial charge on any atom is -0.454 e. The van der Waals surface area contributed by atoms with E-state index in [0.717, 1.165) is 11.1 Å². The Kier molecular flexibility index (Phi) is 5.64. The van der Waals surface area contributed by atoms with Crippen molar-refractivity contribution in [3.8, 4) is 11.5 Å². The summed E-state index contributed by atoms with van der Waals surface area (Å²) < 4.78 is 10.6. The van der Waals surface area contributed by atoms with E-state index >= 15 is 0 Å². The molecule has 0 bridgehead atoms. The molecule has 27 heavy (non-hydrogen) atoms. The van der Waals surface area contributed by atoms with Gasteiger partial charge >= 0.3 is 0 Å². The molecule has 2 aromatic carbocycles. The van der Waals surface area contributed by atoms with Crippen LogP contribution in [0.4, 0.5) is 0 Å². The molecule has 2 amide bonds. The number of hydrogen-bond acceptors (Lipinski definition) is 4. The van der Waals surface area contributed by atoms with Crippen LogP contribution in [0, 0.1) is 12.8 Å². The highest BCUT2D eigenvalue weighted by molar-refractivity contribution is 5.97. The van der Waals surface area contributed by atoms with Crippen LogP contribution < -0.4 is 20.1 Å². The van der Waals surface area contributed by atoms with Gasteiger partial charge in [-0.1, -0.05) is 37.6 Å². The number of ether oxygens (including phenoxy) is 2. The second kappa shape index (κ2) is 8.12. The van der Waals surface area contributed by atoms with E-state index in [1.54, 1.807) is 12.1 Å². The van der Waals surface area contributed by atoms with Crippen LogP contribution in [0.2, 0.25) is 0 Å². The molecule has 1 atom stereocenters. The number of nitrogens with one attached hydrogen (secondary N) is 2. The summed E-state index contributed by atoms with van der Waals surface area (Å²) in [6, 6.07) is 12.2. The lowest BCUT2D eigenvalue weighted by atomic mass is 10.0. The number of hydrogen-bond donors (Lipinski definition) is 2. The zero-order chi connectivity index (χ0) is 19.4. The fourth-order valence-electron chi connectivity index (χ4n) is 2.81. The zero-order valence-electron chi connectivity index (χ0n) is 15.7. The average molecular weight is 368 g/mol. The van der Waals surface area contributed by atoms with Crippen LogP contribution >= 0.6 is 0 Å². The number of benzene rings is 2. The van der Waals surface area contributed by atoms with Gasteiger partial charge in [0.1, 0.15) is 6.04 Å². The summed E-state index contributed by atoms with van der Waals surface area (Å²) in [7, 11) is 0. The van der Waals surface area contributed by atoms with Gasteiger partial charge in [0, 0.05) is 12.1 Å². The Balaban J connectivity index is 1.61. The first-order chi connectivity index (χ1) is 12.9. The normalized spacial score (nSPS) is 13.3. The standard InChI is InChI=1S/C21H24N2O4/c1-13(2)19(23-20(24)16-7-4-14(3)5-8-16)21(25)22-11-15-6-9-17-18(10-15)27-12-26-17/h4-10,13,19H,11-12H2,1-3H3,(H,22,25)(H,23,24). The quantitative estimate of drug-likeness (QED) is 0.822. The maximum absolute atomic E-state index is 12.6. The number of fused-ring (bicyclic) bond motifs is 1. The van der Waals surface area contributed by atoms with Crippen molar-refractivity contribution in [3.63, 3.8) is 0 Å². The summed E-state index contributed by atoms with van der Waals surface area (Å²) in [6.07, 6.45) is 0. The van der Waals surface area contributed by atoms with Crippen molar-refractivity contribution in [2.24, 2.45) is 5.92 Å². The van der Waals surface area contributed by atoms with Crippen LogP contribution in [0.25, 0.3) is 0 Å². The number of carbonyl (C=O) groups is 2. The topological polar surface area (TPSA) is 76.7 Å². The van der Waals surface area contributed by atoms with Gasteiger partial charge in [-0.3, -0.25) is 9.59 Å². The maximum Gasteiger partial charge on any atom is 0.251 e. The number of carbonyl (C=O) groups excluding carboxylic acids is 2. The Hall–Kier alpha value is -3.02. The third kappa shape index (κ3) is 4.58. The molecule has 1 unspecified atom stereocenters. The summed E-state index contributed by atoms with van der Waals surface area (Å²) in [5.41, 5.74) is 2.52. The molecule has 0 aromatic heterocycles. The van der Waals surface area contributed by atoms with Crippen LogP contribution in [-0.2, 0) is 11.3 Å². The first-order valence-electron chi connectivity index (χ1n) is 8.98. The van der Waals surface area contributed by atoms with Crippen LogP contribution in [0.5, 0.6) is 11.5 Å². The lowest BCUT2D eigenvalue weighted by molar-refractivity contribution is -0.124. The predicted octanol–water partition coefficient (Wildman–Crippen LogP) is 2.79. The highest BCUT2D eigenvalue weighted by Gasteiger charge is 2.24. The summed E-state index contributed by atoms with van der Waals surface area (Å²) in [5, 5.41) is 5.72. The van der Waals surface area contributed by atoms with Crippen molar-refractivity contribution in [1.82, 2.24) is 10.6 Å². The molecule has 0 saturated carbocycles. The predicted molar refractivity (Wildman–Crippen MR) is 102 cm³/mol. The molecule has 0 radical (unpaired) electrons. The molecule has 1 aliphatic heterocycles. The number of aryl methyl sites for hydroxylation is 1. The zero-order valence-corrected chi connectivity index (χ0v) is 15.7. The van der Waals surface area contributed by atoms with E-state index < -0.39 is 6.04 Å². The van der Waals surface area contributed by atoms with Gasteiger partial charge in [0.2, 0.25) is 12.7 Å². The second-order valence-corrected chi connectivity index (χ2v) is 6.97. The van der Waals surface area contributed by atoms with Gasteiger partial charge in [-0.2, -0.15) is 0 Å². The summed E-state index contributed by atoms with van der Waals surface area (Å²) in [6.45, 7) is 6.33. The molecule has 6 heteroatoms. The van der Waals surface area contributed by atoms with Gasteiger partial charge in [0.15, 0.2) is 11.5 Å². The molecule has 6 nitrogen and oxygen atoms in total. The molecule has 1 heterocycles. The van der Waals surface area contributed by atoms with E-state index in [-0.39, 0.29) is 24.5 Å². The highest BCUT2D eigenvalue weighted by atomic mass is 16.7. The molecule has 2 aromatic rings. The van der Waals surface area contributed by atoms with Crippen molar-refractivity contribution in [2.45, 2.75) is 33.4 Å². The Bertz CT molecular complexity index is 831. The SMILES string of the molecule is Cc1ccc(C(=O)NC(C(=O)NCc2ccc3c(c2)OCO3)C(C)C)cc1. The molecule has 142 valence electrons. The third-order valence-corrected chi connectivity index (χ3v) is 4.45. The average Bonchev–Trinajstić information content (AvgIpc) is 3.12.